The first kappa shape index (κ1) is 13.9. The van der Waals surface area contributed by atoms with Gasteiger partial charge in [0, 0.05) is 17.6 Å². The largest absolute Gasteiger partial charge is 0.388 e. The Morgan fingerprint density at radius 1 is 1.33 bits per heavy atom. The number of nitrogens with zero attached hydrogens (tertiary/aromatic N) is 1. The van der Waals surface area contributed by atoms with Crippen LogP contribution in [0.2, 0.25) is 5.02 Å². The molecule has 18 heavy (non-hydrogen) atoms. The fourth-order valence-corrected chi connectivity index (χ4v) is 3.02. The van der Waals surface area contributed by atoms with E-state index in [1.54, 1.807) is 0 Å². The van der Waals surface area contributed by atoms with Crippen molar-refractivity contribution in [2.45, 2.75) is 44.2 Å². The molecule has 1 atom stereocenters. The molecule has 2 nitrogen and oxygen atoms in total. The number of aliphatic hydroxyl groups excluding tert-OH is 1. The molecule has 1 fully saturated rings. The fourth-order valence-electron chi connectivity index (χ4n) is 2.75. The van der Waals surface area contributed by atoms with Gasteiger partial charge in [0.1, 0.15) is 0 Å². The van der Waals surface area contributed by atoms with Crippen molar-refractivity contribution in [2.75, 3.05) is 13.6 Å². The van der Waals surface area contributed by atoms with Crippen LogP contribution in [0, 0.1) is 0 Å². The van der Waals surface area contributed by atoms with E-state index >= 15 is 0 Å². The minimum atomic E-state index is -0.456. The molecule has 1 saturated carbocycles. The molecular formula is C15H22ClNO. The molecule has 3 heteroatoms. The van der Waals surface area contributed by atoms with Gasteiger partial charge >= 0.3 is 0 Å². The van der Waals surface area contributed by atoms with Crippen LogP contribution in [0.4, 0.5) is 0 Å². The second-order valence-electron chi connectivity index (χ2n) is 5.24. The van der Waals surface area contributed by atoms with Gasteiger partial charge in [0.05, 0.1) is 6.10 Å². The maximum absolute atomic E-state index is 10.2. The van der Waals surface area contributed by atoms with Crippen LogP contribution in [0.25, 0.3) is 0 Å². The molecule has 0 aromatic heterocycles. The molecule has 1 aliphatic carbocycles. The monoisotopic (exact) mass is 267 g/mol. The lowest BCUT2D eigenvalue weighted by Crippen LogP contribution is -2.30. The first-order valence-electron chi connectivity index (χ1n) is 6.81. The summed E-state index contributed by atoms with van der Waals surface area (Å²) in [4.78, 5) is 2.38. The predicted molar refractivity (Wildman–Crippen MR) is 75.9 cm³/mol. The SMILES string of the molecule is CN(CCC(O)c1ccccc1Cl)C1CCCC1. The van der Waals surface area contributed by atoms with E-state index in [1.165, 1.54) is 25.7 Å². The molecule has 2 rings (SSSR count). The van der Waals surface area contributed by atoms with E-state index in [-0.39, 0.29) is 0 Å². The van der Waals surface area contributed by atoms with E-state index in [4.69, 9.17) is 11.6 Å². The molecule has 0 radical (unpaired) electrons. The molecule has 100 valence electrons. The van der Waals surface area contributed by atoms with Crippen LogP contribution in [0.3, 0.4) is 0 Å². The van der Waals surface area contributed by atoms with Gasteiger partial charge in [0.25, 0.3) is 0 Å². The van der Waals surface area contributed by atoms with Gasteiger partial charge in [0.2, 0.25) is 0 Å². The number of benzene rings is 1. The van der Waals surface area contributed by atoms with E-state index in [9.17, 15) is 5.11 Å². The Morgan fingerprint density at radius 3 is 2.67 bits per heavy atom. The summed E-state index contributed by atoms with van der Waals surface area (Å²) in [6, 6.07) is 8.26. The molecular weight excluding hydrogens is 246 g/mol. The summed E-state index contributed by atoms with van der Waals surface area (Å²) in [5.41, 5.74) is 0.846. The lowest BCUT2D eigenvalue weighted by atomic mass is 10.1. The summed E-state index contributed by atoms with van der Waals surface area (Å²) < 4.78 is 0. The second-order valence-corrected chi connectivity index (χ2v) is 5.65. The summed E-state index contributed by atoms with van der Waals surface area (Å²) in [6.07, 6.45) is 5.60. The average Bonchev–Trinajstić information content (AvgIpc) is 2.90. The van der Waals surface area contributed by atoms with E-state index in [0.29, 0.717) is 11.1 Å². The first-order valence-corrected chi connectivity index (χ1v) is 7.19. The van der Waals surface area contributed by atoms with E-state index in [1.807, 2.05) is 24.3 Å². The Kier molecular flexibility index (Phi) is 5.04. The summed E-state index contributed by atoms with van der Waals surface area (Å²) >= 11 is 6.09. The zero-order valence-corrected chi connectivity index (χ0v) is 11.7. The van der Waals surface area contributed by atoms with Gasteiger partial charge in [-0.25, -0.2) is 0 Å². The Labute approximate surface area is 115 Å². The fraction of sp³-hybridized carbons (Fsp3) is 0.600. The minimum Gasteiger partial charge on any atom is -0.388 e. The van der Waals surface area contributed by atoms with E-state index in [2.05, 4.69) is 11.9 Å². The normalized spacial score (nSPS) is 18.4. The average molecular weight is 268 g/mol. The van der Waals surface area contributed by atoms with Crippen molar-refractivity contribution in [3.05, 3.63) is 34.9 Å². The summed E-state index contributed by atoms with van der Waals surface area (Å²) in [7, 11) is 2.16. The van der Waals surface area contributed by atoms with Gasteiger partial charge < -0.3 is 10.0 Å². The maximum atomic E-state index is 10.2. The van der Waals surface area contributed by atoms with Crippen molar-refractivity contribution in [1.29, 1.82) is 0 Å². The molecule has 0 bridgehead atoms. The number of halogens is 1. The molecule has 1 aromatic rings. The quantitative estimate of drug-likeness (QED) is 0.881. The Hall–Kier alpha value is -0.570. The number of hydrogen-bond acceptors (Lipinski definition) is 2. The molecule has 1 aromatic carbocycles. The minimum absolute atomic E-state index is 0.456. The third-order valence-electron chi connectivity index (χ3n) is 3.97. The Morgan fingerprint density at radius 2 is 2.00 bits per heavy atom. The summed E-state index contributed by atoms with van der Waals surface area (Å²) in [5, 5.41) is 10.8. The topological polar surface area (TPSA) is 23.5 Å². The standard InChI is InChI=1S/C15H22ClNO/c1-17(12-6-2-3-7-12)11-10-15(18)13-8-4-5-9-14(13)16/h4-5,8-9,12,15,18H,2-3,6-7,10-11H2,1H3. The third-order valence-corrected chi connectivity index (χ3v) is 4.31. The van der Waals surface area contributed by atoms with Crippen LogP contribution in [0.15, 0.2) is 24.3 Å². The highest BCUT2D eigenvalue weighted by Crippen LogP contribution is 2.27. The van der Waals surface area contributed by atoms with Crippen molar-refractivity contribution < 1.29 is 5.11 Å². The van der Waals surface area contributed by atoms with Gasteiger partial charge in [-0.05, 0) is 37.9 Å². The number of hydrogen-bond donors (Lipinski definition) is 1. The van der Waals surface area contributed by atoms with Gasteiger partial charge in [0.15, 0.2) is 0 Å². The van der Waals surface area contributed by atoms with Gasteiger partial charge in [-0.3, -0.25) is 0 Å². The van der Waals surface area contributed by atoms with Crippen LogP contribution >= 0.6 is 11.6 Å². The highest BCUT2D eigenvalue weighted by Gasteiger charge is 2.20. The van der Waals surface area contributed by atoms with Crippen LogP contribution in [0.5, 0.6) is 0 Å². The van der Waals surface area contributed by atoms with Crippen LogP contribution in [-0.4, -0.2) is 29.6 Å². The van der Waals surface area contributed by atoms with Crippen molar-refractivity contribution in [1.82, 2.24) is 4.90 Å². The lowest BCUT2D eigenvalue weighted by Gasteiger charge is -2.25. The van der Waals surface area contributed by atoms with Crippen LogP contribution in [-0.2, 0) is 0 Å². The zero-order chi connectivity index (χ0) is 13.0. The molecule has 0 amide bonds. The molecule has 1 N–H and O–H groups in total. The number of rotatable bonds is 5. The zero-order valence-electron chi connectivity index (χ0n) is 11.0. The van der Waals surface area contributed by atoms with Crippen molar-refractivity contribution >= 4 is 11.6 Å². The Balaban J connectivity index is 1.84. The van der Waals surface area contributed by atoms with E-state index in [0.717, 1.165) is 18.5 Å². The number of aliphatic hydroxyl groups is 1. The third kappa shape index (κ3) is 3.47. The van der Waals surface area contributed by atoms with Crippen LogP contribution in [0.1, 0.15) is 43.8 Å². The smallest absolute Gasteiger partial charge is 0.0816 e. The molecule has 1 aliphatic rings. The lowest BCUT2D eigenvalue weighted by molar-refractivity contribution is 0.137. The van der Waals surface area contributed by atoms with E-state index < -0.39 is 6.10 Å². The summed E-state index contributed by atoms with van der Waals surface area (Å²) in [6.45, 7) is 0.928. The maximum Gasteiger partial charge on any atom is 0.0816 e. The van der Waals surface area contributed by atoms with Crippen molar-refractivity contribution in [3.63, 3.8) is 0 Å². The Bertz CT molecular complexity index is 377. The molecule has 0 spiro atoms. The van der Waals surface area contributed by atoms with Gasteiger partial charge in [-0.1, -0.05) is 42.6 Å². The van der Waals surface area contributed by atoms with Crippen molar-refractivity contribution in [3.8, 4) is 0 Å². The molecule has 1 unspecified atom stereocenters. The van der Waals surface area contributed by atoms with Gasteiger partial charge in [-0.15, -0.1) is 0 Å². The molecule has 0 aliphatic heterocycles. The van der Waals surface area contributed by atoms with Crippen LogP contribution < -0.4 is 0 Å². The highest BCUT2D eigenvalue weighted by atomic mass is 35.5. The summed E-state index contributed by atoms with van der Waals surface area (Å²) in [5.74, 6) is 0. The second kappa shape index (κ2) is 6.55. The predicted octanol–water partition coefficient (Wildman–Crippen LogP) is 3.64. The molecule has 0 saturated heterocycles. The van der Waals surface area contributed by atoms with Crippen molar-refractivity contribution in [2.24, 2.45) is 0 Å². The first-order chi connectivity index (χ1) is 8.68. The highest BCUT2D eigenvalue weighted by molar-refractivity contribution is 6.31. The van der Waals surface area contributed by atoms with Gasteiger partial charge in [-0.2, -0.15) is 0 Å². The molecule has 0 heterocycles.